The van der Waals surface area contributed by atoms with Crippen LogP contribution >= 0.6 is 24.0 Å². The van der Waals surface area contributed by atoms with E-state index < -0.39 is 0 Å². The van der Waals surface area contributed by atoms with E-state index in [0.717, 1.165) is 44.6 Å². The van der Waals surface area contributed by atoms with Gasteiger partial charge in [0, 0.05) is 13.1 Å². The molecule has 1 atom stereocenters. The Kier molecular flexibility index (Phi) is 12.7. The Labute approximate surface area is 189 Å². The molecule has 0 saturated carbocycles. The number of aliphatic imine (C=N–C) groups is 1. The van der Waals surface area contributed by atoms with Crippen molar-refractivity contribution in [3.05, 3.63) is 35.9 Å². The van der Waals surface area contributed by atoms with Gasteiger partial charge >= 0.3 is 0 Å². The molecular weight excluding hydrogens is 461 g/mol. The molecule has 2 rings (SSSR count). The molecule has 0 spiro atoms. The first-order chi connectivity index (χ1) is 13.2. The van der Waals surface area contributed by atoms with Gasteiger partial charge in [-0.15, -0.1) is 24.0 Å². The quantitative estimate of drug-likeness (QED) is 0.309. The highest BCUT2D eigenvalue weighted by atomic mass is 127. The second-order valence-electron chi connectivity index (χ2n) is 7.49. The number of nitrogens with zero attached hydrogens (tertiary/aromatic N) is 3. The van der Waals surface area contributed by atoms with Crippen LogP contribution in [0.25, 0.3) is 0 Å². The first-order valence-electron chi connectivity index (χ1n) is 10.7. The summed E-state index contributed by atoms with van der Waals surface area (Å²) in [6.07, 6.45) is 2.55. The summed E-state index contributed by atoms with van der Waals surface area (Å²) in [6, 6.07) is 11.1. The molecule has 0 aliphatic carbocycles. The summed E-state index contributed by atoms with van der Waals surface area (Å²) in [4.78, 5) is 9.86. The van der Waals surface area contributed by atoms with Crippen LogP contribution in [0, 0.1) is 5.92 Å². The number of likely N-dealkylation sites (tertiary alicyclic amines) is 1. The van der Waals surface area contributed by atoms with Crippen LogP contribution in [0.15, 0.2) is 35.3 Å². The number of rotatable bonds is 9. The average molecular weight is 502 g/mol. The lowest BCUT2D eigenvalue weighted by Gasteiger charge is -2.30. The summed E-state index contributed by atoms with van der Waals surface area (Å²) < 4.78 is 0. The highest BCUT2D eigenvalue weighted by Gasteiger charge is 2.19. The molecule has 1 fully saturated rings. The number of nitrogens with one attached hydrogen (secondary N) is 2. The molecule has 1 aliphatic rings. The van der Waals surface area contributed by atoms with E-state index in [9.17, 15) is 0 Å². The molecule has 1 aliphatic heterocycles. The Bertz CT molecular complexity index is 539. The number of guanidine groups is 1. The summed E-state index contributed by atoms with van der Waals surface area (Å²) >= 11 is 0. The van der Waals surface area contributed by atoms with Crippen LogP contribution in [0.4, 0.5) is 0 Å². The van der Waals surface area contributed by atoms with Crippen LogP contribution in [-0.4, -0.2) is 68.6 Å². The topological polar surface area (TPSA) is 42.9 Å². The summed E-state index contributed by atoms with van der Waals surface area (Å²) in [5, 5.41) is 7.01. The summed E-state index contributed by atoms with van der Waals surface area (Å²) in [6.45, 7) is 13.7. The zero-order valence-electron chi connectivity index (χ0n) is 18.2. The van der Waals surface area contributed by atoms with Gasteiger partial charge in [0.1, 0.15) is 0 Å². The van der Waals surface area contributed by atoms with Crippen LogP contribution in [-0.2, 0) is 0 Å². The first kappa shape index (κ1) is 25.2. The summed E-state index contributed by atoms with van der Waals surface area (Å²) in [7, 11) is 2.21. The number of halogens is 1. The fourth-order valence-corrected chi connectivity index (χ4v) is 3.80. The first-order valence-corrected chi connectivity index (χ1v) is 10.7. The normalized spacial score (nSPS) is 17.2. The molecule has 1 heterocycles. The Morgan fingerprint density at radius 3 is 2.32 bits per heavy atom. The van der Waals surface area contributed by atoms with Crippen LogP contribution in [0.2, 0.25) is 0 Å². The highest BCUT2D eigenvalue weighted by Crippen LogP contribution is 2.20. The maximum absolute atomic E-state index is 4.95. The number of likely N-dealkylation sites (N-methyl/N-ethyl adjacent to an activating group) is 1. The zero-order chi connectivity index (χ0) is 19.5. The Balaban J connectivity index is 0.00000392. The van der Waals surface area contributed by atoms with E-state index in [1.807, 2.05) is 0 Å². The third kappa shape index (κ3) is 8.25. The maximum Gasteiger partial charge on any atom is 0.191 e. The van der Waals surface area contributed by atoms with Crippen LogP contribution in [0.3, 0.4) is 0 Å². The van der Waals surface area contributed by atoms with Crippen LogP contribution in [0.5, 0.6) is 0 Å². The van der Waals surface area contributed by atoms with Gasteiger partial charge in [-0.3, -0.25) is 9.89 Å². The molecule has 6 heteroatoms. The highest BCUT2D eigenvalue weighted by molar-refractivity contribution is 14.0. The van der Waals surface area contributed by atoms with Crippen molar-refractivity contribution in [2.75, 3.05) is 52.9 Å². The Morgan fingerprint density at radius 1 is 1.11 bits per heavy atom. The van der Waals surface area contributed by atoms with Gasteiger partial charge in [0.05, 0.1) is 12.6 Å². The smallest absolute Gasteiger partial charge is 0.191 e. The summed E-state index contributed by atoms with van der Waals surface area (Å²) in [5.74, 6) is 1.70. The van der Waals surface area contributed by atoms with Crippen LogP contribution < -0.4 is 10.6 Å². The summed E-state index contributed by atoms with van der Waals surface area (Å²) in [5.41, 5.74) is 1.34. The Hall–Kier alpha value is -0.860. The molecule has 1 aromatic rings. The molecule has 1 unspecified atom stereocenters. The lowest BCUT2D eigenvalue weighted by molar-refractivity contribution is 0.219. The number of benzene rings is 1. The van der Waals surface area contributed by atoms with Crippen molar-refractivity contribution in [1.82, 2.24) is 20.4 Å². The standard InChI is InChI=1S/C22H39N5.HI/c1-5-23-22(24-17-19-13-15-26(4)16-14-19)25-18-21(27(6-2)7-3)20-11-9-8-10-12-20;/h8-12,19,21H,5-7,13-18H2,1-4H3,(H2,23,24,25);1H. The van der Waals surface area contributed by atoms with Crippen molar-refractivity contribution in [3.63, 3.8) is 0 Å². The fourth-order valence-electron chi connectivity index (χ4n) is 3.80. The minimum atomic E-state index is 0. The molecule has 0 bridgehead atoms. The molecule has 1 saturated heterocycles. The Morgan fingerprint density at radius 2 is 1.75 bits per heavy atom. The van der Waals surface area contributed by atoms with E-state index in [1.165, 1.54) is 31.5 Å². The lowest BCUT2D eigenvalue weighted by Crippen LogP contribution is -2.42. The van der Waals surface area contributed by atoms with Crippen LogP contribution in [0.1, 0.15) is 45.2 Å². The van der Waals surface area contributed by atoms with Crippen molar-refractivity contribution in [2.24, 2.45) is 10.9 Å². The van der Waals surface area contributed by atoms with Gasteiger partial charge in [0.15, 0.2) is 5.96 Å². The third-order valence-electron chi connectivity index (χ3n) is 5.60. The van der Waals surface area contributed by atoms with Crippen molar-refractivity contribution >= 4 is 29.9 Å². The largest absolute Gasteiger partial charge is 0.357 e. The number of hydrogen-bond donors (Lipinski definition) is 2. The van der Waals surface area contributed by atoms with E-state index in [2.05, 4.69) is 78.6 Å². The predicted molar refractivity (Wildman–Crippen MR) is 132 cm³/mol. The van der Waals surface area contributed by atoms with E-state index in [4.69, 9.17) is 4.99 Å². The molecule has 28 heavy (non-hydrogen) atoms. The van der Waals surface area contributed by atoms with Gasteiger partial charge < -0.3 is 15.5 Å². The molecule has 0 radical (unpaired) electrons. The molecule has 2 N–H and O–H groups in total. The SMILES string of the molecule is CCNC(=NCC(c1ccccc1)N(CC)CC)NCC1CCN(C)CC1.I. The van der Waals surface area contributed by atoms with Gasteiger partial charge in [-0.2, -0.15) is 0 Å². The van der Waals surface area contributed by atoms with E-state index in [-0.39, 0.29) is 24.0 Å². The second kappa shape index (κ2) is 14.2. The number of hydrogen-bond acceptors (Lipinski definition) is 3. The van der Waals surface area contributed by atoms with Crippen molar-refractivity contribution in [1.29, 1.82) is 0 Å². The van der Waals surface area contributed by atoms with Crippen molar-refractivity contribution < 1.29 is 0 Å². The minimum Gasteiger partial charge on any atom is -0.357 e. The van der Waals surface area contributed by atoms with Gasteiger partial charge in [-0.05, 0) is 64.5 Å². The van der Waals surface area contributed by atoms with Gasteiger partial charge in [0.25, 0.3) is 0 Å². The molecule has 5 nitrogen and oxygen atoms in total. The monoisotopic (exact) mass is 501 g/mol. The molecule has 0 aromatic heterocycles. The minimum absolute atomic E-state index is 0. The van der Waals surface area contributed by atoms with Gasteiger partial charge in [0.2, 0.25) is 0 Å². The van der Waals surface area contributed by atoms with Crippen molar-refractivity contribution in [2.45, 2.75) is 39.7 Å². The fraction of sp³-hybridized carbons (Fsp3) is 0.682. The van der Waals surface area contributed by atoms with Gasteiger partial charge in [-0.1, -0.05) is 44.2 Å². The zero-order valence-corrected chi connectivity index (χ0v) is 20.5. The predicted octanol–water partition coefficient (Wildman–Crippen LogP) is 3.58. The average Bonchev–Trinajstić information content (AvgIpc) is 2.71. The third-order valence-corrected chi connectivity index (χ3v) is 5.60. The van der Waals surface area contributed by atoms with Gasteiger partial charge in [-0.25, -0.2) is 0 Å². The van der Waals surface area contributed by atoms with E-state index in [1.54, 1.807) is 0 Å². The second-order valence-corrected chi connectivity index (χ2v) is 7.49. The number of piperidine rings is 1. The maximum atomic E-state index is 4.95. The molecule has 1 aromatic carbocycles. The van der Waals surface area contributed by atoms with E-state index in [0.29, 0.717) is 6.04 Å². The lowest BCUT2D eigenvalue weighted by atomic mass is 9.97. The van der Waals surface area contributed by atoms with Crippen molar-refractivity contribution in [3.8, 4) is 0 Å². The molecular formula is C22H40IN5. The molecule has 160 valence electrons. The molecule has 0 amide bonds. The van der Waals surface area contributed by atoms with E-state index >= 15 is 0 Å².